The summed E-state index contributed by atoms with van der Waals surface area (Å²) in [5.74, 6) is -0.426. The molecule has 0 amide bonds. The Bertz CT molecular complexity index is 242. The maximum Gasteiger partial charge on any atom is 0.330 e. The fourth-order valence-corrected chi connectivity index (χ4v) is 0.637. The lowest BCUT2D eigenvalue weighted by Gasteiger charge is -2.02. The Balaban J connectivity index is 4.30. The van der Waals surface area contributed by atoms with E-state index in [0.29, 0.717) is 5.57 Å². The van der Waals surface area contributed by atoms with Crippen molar-refractivity contribution in [2.45, 2.75) is 13.0 Å². The highest BCUT2D eigenvalue weighted by Crippen LogP contribution is 1.95. The molecular formula is C9H14N2O2. The van der Waals surface area contributed by atoms with Gasteiger partial charge in [0.05, 0.1) is 7.11 Å². The Morgan fingerprint density at radius 1 is 1.62 bits per heavy atom. The van der Waals surface area contributed by atoms with Crippen LogP contribution in [0, 0.1) is 5.41 Å². The van der Waals surface area contributed by atoms with E-state index in [1.54, 1.807) is 13.0 Å². The van der Waals surface area contributed by atoms with Crippen molar-refractivity contribution in [3.05, 3.63) is 23.8 Å². The predicted molar refractivity (Wildman–Crippen MR) is 51.7 cm³/mol. The first-order chi connectivity index (χ1) is 6.11. The van der Waals surface area contributed by atoms with Gasteiger partial charge in [-0.3, -0.25) is 0 Å². The number of methoxy groups -OCH3 is 1. The summed E-state index contributed by atoms with van der Waals surface area (Å²) in [5, 5.41) is 7.00. The maximum atomic E-state index is 10.6. The highest BCUT2D eigenvalue weighted by molar-refractivity contribution is 5.83. The van der Waals surface area contributed by atoms with Crippen LogP contribution in [-0.2, 0) is 9.53 Å². The molecule has 3 N–H and O–H groups in total. The van der Waals surface area contributed by atoms with Gasteiger partial charge in [0.15, 0.2) is 0 Å². The first-order valence-electron chi connectivity index (χ1n) is 3.84. The Labute approximate surface area is 77.6 Å². The largest absolute Gasteiger partial charge is 0.466 e. The first-order valence-corrected chi connectivity index (χ1v) is 3.84. The number of nitrogens with two attached hydrogens (primary N) is 1. The third kappa shape index (κ3) is 4.92. The van der Waals surface area contributed by atoms with Gasteiger partial charge in [-0.25, -0.2) is 4.79 Å². The summed E-state index contributed by atoms with van der Waals surface area (Å²) in [6.45, 7) is 1.77. The van der Waals surface area contributed by atoms with Crippen LogP contribution in [0.3, 0.4) is 0 Å². The number of allylic oxidation sites excluding steroid dienone is 2. The molecule has 13 heavy (non-hydrogen) atoms. The standard InChI is InChI=1S/C9H14N2O2/c1-7(11)8(6-10)4-3-5-9(12)13-2/h3-7,10H,11H2,1-2H3/b5-3+,8-4+,10-6?/t7-/m0/s1. The molecule has 0 saturated heterocycles. The topological polar surface area (TPSA) is 76.2 Å². The van der Waals surface area contributed by atoms with Crippen LogP contribution >= 0.6 is 0 Å². The van der Waals surface area contributed by atoms with Crippen molar-refractivity contribution in [3.63, 3.8) is 0 Å². The summed E-state index contributed by atoms with van der Waals surface area (Å²) in [6, 6.07) is -0.209. The average Bonchev–Trinajstić information content (AvgIpc) is 2.11. The molecule has 72 valence electrons. The van der Waals surface area contributed by atoms with E-state index in [2.05, 4.69) is 4.74 Å². The molecule has 4 heteroatoms. The Morgan fingerprint density at radius 2 is 2.23 bits per heavy atom. The summed E-state index contributed by atoms with van der Waals surface area (Å²) in [7, 11) is 1.31. The summed E-state index contributed by atoms with van der Waals surface area (Å²) in [6.07, 6.45) is 5.54. The molecule has 0 unspecified atom stereocenters. The number of rotatable bonds is 4. The summed E-state index contributed by atoms with van der Waals surface area (Å²) in [4.78, 5) is 10.6. The highest BCUT2D eigenvalue weighted by atomic mass is 16.5. The first kappa shape index (κ1) is 11.6. The second kappa shape index (κ2) is 6.14. The fourth-order valence-electron chi connectivity index (χ4n) is 0.637. The maximum absolute atomic E-state index is 10.6. The van der Waals surface area contributed by atoms with Crippen molar-refractivity contribution in [2.75, 3.05) is 7.11 Å². The van der Waals surface area contributed by atoms with Gasteiger partial charge in [-0.1, -0.05) is 12.2 Å². The molecule has 0 radical (unpaired) electrons. The zero-order valence-electron chi connectivity index (χ0n) is 7.78. The van der Waals surface area contributed by atoms with Gasteiger partial charge >= 0.3 is 5.97 Å². The zero-order valence-corrected chi connectivity index (χ0v) is 7.78. The van der Waals surface area contributed by atoms with Crippen molar-refractivity contribution in [1.82, 2.24) is 0 Å². The van der Waals surface area contributed by atoms with Crippen LogP contribution in [0.5, 0.6) is 0 Å². The second-order valence-electron chi connectivity index (χ2n) is 2.48. The molecule has 0 aliphatic rings. The number of hydrogen-bond acceptors (Lipinski definition) is 4. The van der Waals surface area contributed by atoms with Crippen molar-refractivity contribution in [1.29, 1.82) is 5.41 Å². The van der Waals surface area contributed by atoms with E-state index in [1.165, 1.54) is 19.3 Å². The number of carbonyl (C=O) groups is 1. The molecule has 0 heterocycles. The van der Waals surface area contributed by atoms with Gasteiger partial charge in [0.25, 0.3) is 0 Å². The second-order valence-corrected chi connectivity index (χ2v) is 2.48. The molecule has 0 bridgehead atoms. The van der Waals surface area contributed by atoms with Crippen molar-refractivity contribution in [3.8, 4) is 0 Å². The Hall–Kier alpha value is -1.42. The Kier molecular flexibility index (Phi) is 5.47. The van der Waals surface area contributed by atoms with Crippen LogP contribution in [0.4, 0.5) is 0 Å². The van der Waals surface area contributed by atoms with E-state index >= 15 is 0 Å². The highest BCUT2D eigenvalue weighted by Gasteiger charge is 1.97. The lowest BCUT2D eigenvalue weighted by Crippen LogP contribution is -2.18. The average molecular weight is 182 g/mol. The predicted octanol–water partition coefficient (Wildman–Crippen LogP) is 0.639. The minimum atomic E-state index is -0.426. The van der Waals surface area contributed by atoms with E-state index in [4.69, 9.17) is 11.1 Å². The minimum absolute atomic E-state index is 0.209. The molecule has 0 rings (SSSR count). The number of carbonyl (C=O) groups excluding carboxylic acids is 1. The van der Waals surface area contributed by atoms with Gasteiger partial charge in [-0.15, -0.1) is 0 Å². The number of esters is 1. The van der Waals surface area contributed by atoms with Gasteiger partial charge in [-0.2, -0.15) is 0 Å². The fraction of sp³-hybridized carbons (Fsp3) is 0.333. The molecule has 0 aromatic rings. The van der Waals surface area contributed by atoms with Gasteiger partial charge in [-0.05, 0) is 12.5 Å². The van der Waals surface area contributed by atoms with Crippen LogP contribution in [0.2, 0.25) is 0 Å². The van der Waals surface area contributed by atoms with E-state index in [9.17, 15) is 4.79 Å². The lowest BCUT2D eigenvalue weighted by atomic mass is 10.1. The molecule has 0 aromatic heterocycles. The summed E-state index contributed by atoms with van der Waals surface area (Å²) in [5.41, 5.74) is 6.18. The van der Waals surface area contributed by atoms with Crippen molar-refractivity contribution >= 4 is 12.2 Å². The van der Waals surface area contributed by atoms with Gasteiger partial charge in [0, 0.05) is 18.3 Å². The molecule has 0 aliphatic carbocycles. The number of nitrogens with one attached hydrogen (secondary N) is 1. The Morgan fingerprint density at radius 3 is 2.62 bits per heavy atom. The van der Waals surface area contributed by atoms with E-state index in [0.717, 1.165) is 6.21 Å². The molecule has 0 aromatic carbocycles. The number of ether oxygens (including phenoxy) is 1. The zero-order chi connectivity index (χ0) is 10.3. The van der Waals surface area contributed by atoms with E-state index in [-0.39, 0.29) is 6.04 Å². The molecular weight excluding hydrogens is 168 g/mol. The van der Waals surface area contributed by atoms with Gasteiger partial charge in [0.1, 0.15) is 0 Å². The molecule has 0 saturated carbocycles. The summed E-state index contributed by atoms with van der Waals surface area (Å²) >= 11 is 0. The van der Waals surface area contributed by atoms with E-state index in [1.807, 2.05) is 0 Å². The molecule has 4 nitrogen and oxygen atoms in total. The van der Waals surface area contributed by atoms with Crippen LogP contribution in [0.25, 0.3) is 0 Å². The summed E-state index contributed by atoms with van der Waals surface area (Å²) < 4.78 is 4.38. The van der Waals surface area contributed by atoms with Crippen molar-refractivity contribution < 1.29 is 9.53 Å². The molecule has 0 fully saturated rings. The molecule has 0 aliphatic heterocycles. The van der Waals surface area contributed by atoms with Crippen LogP contribution in [0.15, 0.2) is 23.8 Å². The normalized spacial score (nSPS) is 14.2. The third-order valence-electron chi connectivity index (χ3n) is 1.41. The lowest BCUT2D eigenvalue weighted by molar-refractivity contribution is -0.134. The minimum Gasteiger partial charge on any atom is -0.466 e. The smallest absolute Gasteiger partial charge is 0.330 e. The van der Waals surface area contributed by atoms with Crippen LogP contribution in [0.1, 0.15) is 6.92 Å². The van der Waals surface area contributed by atoms with Gasteiger partial charge < -0.3 is 15.9 Å². The van der Waals surface area contributed by atoms with Crippen molar-refractivity contribution in [2.24, 2.45) is 5.73 Å². The van der Waals surface area contributed by atoms with Gasteiger partial charge in [0.2, 0.25) is 0 Å². The SMILES string of the molecule is COC(=O)/C=C/C=C(\C=N)[C@H](C)N. The molecule has 0 spiro atoms. The monoisotopic (exact) mass is 182 g/mol. The van der Waals surface area contributed by atoms with E-state index < -0.39 is 5.97 Å². The quantitative estimate of drug-likeness (QED) is 0.290. The number of hydrogen-bond donors (Lipinski definition) is 2. The van der Waals surface area contributed by atoms with Crippen LogP contribution < -0.4 is 5.73 Å². The molecule has 1 atom stereocenters. The third-order valence-corrected chi connectivity index (χ3v) is 1.41. The van der Waals surface area contributed by atoms with Crippen LogP contribution in [-0.4, -0.2) is 25.3 Å².